The Morgan fingerprint density at radius 3 is 2.36 bits per heavy atom. The van der Waals surface area contributed by atoms with Gasteiger partial charge in [-0.05, 0) is 55.3 Å². The van der Waals surface area contributed by atoms with E-state index in [1.807, 2.05) is 12.1 Å². The first-order valence-corrected chi connectivity index (χ1v) is 8.97. The molecule has 4 heteroatoms. The van der Waals surface area contributed by atoms with Gasteiger partial charge in [-0.3, -0.25) is 9.69 Å². The van der Waals surface area contributed by atoms with Crippen molar-refractivity contribution in [2.24, 2.45) is 0 Å². The Kier molecular flexibility index (Phi) is 5.39. The number of benzene rings is 2. The Bertz CT molecular complexity index is 731. The van der Waals surface area contributed by atoms with Crippen LogP contribution >= 0.6 is 0 Å². The van der Waals surface area contributed by atoms with E-state index in [0.717, 1.165) is 38.3 Å². The van der Waals surface area contributed by atoms with Crippen LogP contribution in [0.5, 0.6) is 0 Å². The van der Waals surface area contributed by atoms with Gasteiger partial charge in [-0.1, -0.05) is 12.1 Å². The summed E-state index contributed by atoms with van der Waals surface area (Å²) in [5.41, 5.74) is 11.2. The van der Waals surface area contributed by atoms with Crippen molar-refractivity contribution in [3.63, 3.8) is 0 Å². The predicted octanol–water partition coefficient (Wildman–Crippen LogP) is 3.28. The summed E-state index contributed by atoms with van der Waals surface area (Å²) in [6.07, 6.45) is 0.563. The van der Waals surface area contributed by atoms with Crippen LogP contribution in [-0.4, -0.2) is 43.4 Å². The molecule has 0 atom stereocenters. The molecule has 4 nitrogen and oxygen atoms in total. The summed E-state index contributed by atoms with van der Waals surface area (Å²) in [6.45, 7) is 9.22. The fourth-order valence-corrected chi connectivity index (χ4v) is 3.36. The van der Waals surface area contributed by atoms with Gasteiger partial charge in [0.05, 0.1) is 0 Å². The standard InChI is InChI=1S/C21H27N3O/c1-16-4-3-5-20(17(16)2)24-14-12-23(13-15-24)11-10-21(25)18-6-8-19(22)9-7-18/h3-9H,10-15,22H2,1-2H3. The van der Waals surface area contributed by atoms with Gasteiger partial charge in [0.15, 0.2) is 5.78 Å². The molecule has 0 spiro atoms. The molecule has 2 aromatic carbocycles. The number of carbonyl (C=O) groups excluding carboxylic acids is 1. The molecule has 1 heterocycles. The molecule has 2 aromatic rings. The molecular formula is C21H27N3O. The second kappa shape index (κ2) is 7.70. The summed E-state index contributed by atoms with van der Waals surface area (Å²) in [5.74, 6) is 0.192. The van der Waals surface area contributed by atoms with Crippen LogP contribution < -0.4 is 10.6 Å². The third-order valence-corrected chi connectivity index (χ3v) is 5.18. The number of piperazine rings is 1. The van der Waals surface area contributed by atoms with E-state index in [9.17, 15) is 4.79 Å². The Hall–Kier alpha value is -2.33. The molecule has 0 aromatic heterocycles. The summed E-state index contributed by atoms with van der Waals surface area (Å²) < 4.78 is 0. The van der Waals surface area contributed by atoms with E-state index in [-0.39, 0.29) is 5.78 Å². The van der Waals surface area contributed by atoms with Crippen molar-refractivity contribution in [1.29, 1.82) is 0 Å². The van der Waals surface area contributed by atoms with Crippen LogP contribution in [0.4, 0.5) is 11.4 Å². The number of anilines is 2. The Morgan fingerprint density at radius 2 is 1.68 bits per heavy atom. The number of aryl methyl sites for hydroxylation is 1. The molecule has 1 saturated heterocycles. The summed E-state index contributed by atoms with van der Waals surface area (Å²) in [5, 5.41) is 0. The van der Waals surface area contributed by atoms with Gasteiger partial charge in [-0.2, -0.15) is 0 Å². The molecule has 1 aliphatic heterocycles. The summed E-state index contributed by atoms with van der Waals surface area (Å²) in [6, 6.07) is 13.7. The molecule has 3 rings (SSSR count). The van der Waals surface area contributed by atoms with E-state index < -0.39 is 0 Å². The Morgan fingerprint density at radius 1 is 1.00 bits per heavy atom. The van der Waals surface area contributed by atoms with E-state index in [0.29, 0.717) is 12.1 Å². The van der Waals surface area contributed by atoms with E-state index in [4.69, 9.17) is 5.73 Å². The highest BCUT2D eigenvalue weighted by atomic mass is 16.1. The molecule has 0 aliphatic carbocycles. The lowest BCUT2D eigenvalue weighted by atomic mass is 10.1. The maximum absolute atomic E-state index is 12.3. The molecule has 2 N–H and O–H groups in total. The maximum Gasteiger partial charge on any atom is 0.164 e. The van der Waals surface area contributed by atoms with Crippen molar-refractivity contribution in [2.45, 2.75) is 20.3 Å². The zero-order chi connectivity index (χ0) is 17.8. The zero-order valence-electron chi connectivity index (χ0n) is 15.2. The lowest BCUT2D eigenvalue weighted by Crippen LogP contribution is -2.47. The second-order valence-electron chi connectivity index (χ2n) is 6.84. The van der Waals surface area contributed by atoms with Crippen LogP contribution in [0.15, 0.2) is 42.5 Å². The normalized spacial score (nSPS) is 15.4. The summed E-state index contributed by atoms with van der Waals surface area (Å²) in [7, 11) is 0. The lowest BCUT2D eigenvalue weighted by Gasteiger charge is -2.37. The first-order chi connectivity index (χ1) is 12.0. The van der Waals surface area contributed by atoms with Gasteiger partial charge in [0.1, 0.15) is 0 Å². The number of nitrogen functional groups attached to an aromatic ring is 1. The van der Waals surface area contributed by atoms with Crippen molar-refractivity contribution < 1.29 is 4.79 Å². The van der Waals surface area contributed by atoms with Crippen LogP contribution in [0.2, 0.25) is 0 Å². The van der Waals surface area contributed by atoms with Crippen molar-refractivity contribution in [2.75, 3.05) is 43.4 Å². The summed E-state index contributed by atoms with van der Waals surface area (Å²) >= 11 is 0. The van der Waals surface area contributed by atoms with Crippen LogP contribution in [-0.2, 0) is 0 Å². The lowest BCUT2D eigenvalue weighted by molar-refractivity contribution is 0.0962. The highest BCUT2D eigenvalue weighted by Crippen LogP contribution is 2.23. The van der Waals surface area contributed by atoms with Gasteiger partial charge in [0, 0.05) is 56.1 Å². The van der Waals surface area contributed by atoms with Gasteiger partial charge in [-0.25, -0.2) is 0 Å². The van der Waals surface area contributed by atoms with Crippen LogP contribution in [0.1, 0.15) is 27.9 Å². The number of rotatable bonds is 5. The van der Waals surface area contributed by atoms with Crippen molar-refractivity contribution in [3.8, 4) is 0 Å². The Labute approximate surface area is 150 Å². The minimum absolute atomic E-state index is 0.192. The minimum atomic E-state index is 0.192. The second-order valence-corrected chi connectivity index (χ2v) is 6.84. The Balaban J connectivity index is 1.50. The number of hydrogen-bond donors (Lipinski definition) is 1. The molecule has 0 radical (unpaired) electrons. The number of nitrogens with two attached hydrogens (primary N) is 1. The van der Waals surface area contributed by atoms with E-state index >= 15 is 0 Å². The monoisotopic (exact) mass is 337 g/mol. The van der Waals surface area contributed by atoms with Crippen molar-refractivity contribution >= 4 is 17.2 Å². The number of nitrogens with zero attached hydrogens (tertiary/aromatic N) is 2. The van der Waals surface area contributed by atoms with E-state index in [2.05, 4.69) is 41.8 Å². The van der Waals surface area contributed by atoms with Gasteiger partial charge in [0.25, 0.3) is 0 Å². The van der Waals surface area contributed by atoms with Gasteiger partial charge in [0.2, 0.25) is 0 Å². The molecule has 0 bridgehead atoms. The largest absolute Gasteiger partial charge is 0.399 e. The minimum Gasteiger partial charge on any atom is -0.399 e. The first kappa shape index (κ1) is 17.5. The summed E-state index contributed by atoms with van der Waals surface area (Å²) in [4.78, 5) is 17.1. The molecule has 1 aliphatic rings. The average molecular weight is 337 g/mol. The van der Waals surface area contributed by atoms with Crippen molar-refractivity contribution in [3.05, 3.63) is 59.2 Å². The fraction of sp³-hybridized carbons (Fsp3) is 0.381. The van der Waals surface area contributed by atoms with Crippen molar-refractivity contribution in [1.82, 2.24) is 4.90 Å². The third kappa shape index (κ3) is 4.20. The topological polar surface area (TPSA) is 49.6 Å². The maximum atomic E-state index is 12.3. The predicted molar refractivity (Wildman–Crippen MR) is 104 cm³/mol. The van der Waals surface area contributed by atoms with Crippen LogP contribution in [0, 0.1) is 13.8 Å². The number of Topliss-reactive ketones (excluding diaryl/α,β-unsaturated/α-hetero) is 1. The average Bonchev–Trinajstić information content (AvgIpc) is 2.63. The van der Waals surface area contributed by atoms with E-state index in [1.165, 1.54) is 16.8 Å². The molecular weight excluding hydrogens is 310 g/mol. The zero-order valence-corrected chi connectivity index (χ0v) is 15.2. The molecule has 132 valence electrons. The quantitative estimate of drug-likeness (QED) is 0.672. The van der Waals surface area contributed by atoms with Crippen LogP contribution in [0.25, 0.3) is 0 Å². The SMILES string of the molecule is Cc1cccc(N2CCN(CCC(=O)c3ccc(N)cc3)CC2)c1C. The smallest absolute Gasteiger partial charge is 0.164 e. The molecule has 1 fully saturated rings. The van der Waals surface area contributed by atoms with Crippen LogP contribution in [0.3, 0.4) is 0 Å². The highest BCUT2D eigenvalue weighted by molar-refractivity contribution is 5.96. The third-order valence-electron chi connectivity index (χ3n) is 5.18. The molecule has 25 heavy (non-hydrogen) atoms. The first-order valence-electron chi connectivity index (χ1n) is 8.97. The molecule has 0 unspecified atom stereocenters. The van der Waals surface area contributed by atoms with E-state index in [1.54, 1.807) is 12.1 Å². The number of ketones is 1. The van der Waals surface area contributed by atoms with Gasteiger partial charge >= 0.3 is 0 Å². The highest BCUT2D eigenvalue weighted by Gasteiger charge is 2.19. The number of hydrogen-bond acceptors (Lipinski definition) is 4. The fourth-order valence-electron chi connectivity index (χ4n) is 3.36. The number of carbonyl (C=O) groups is 1. The van der Waals surface area contributed by atoms with Gasteiger partial charge < -0.3 is 10.6 Å². The molecule has 0 amide bonds. The molecule has 0 saturated carbocycles. The van der Waals surface area contributed by atoms with Gasteiger partial charge in [-0.15, -0.1) is 0 Å².